The van der Waals surface area contributed by atoms with Crippen LogP contribution in [0.5, 0.6) is 11.5 Å². The van der Waals surface area contributed by atoms with Gasteiger partial charge in [0, 0.05) is 32.8 Å². The van der Waals surface area contributed by atoms with Crippen LogP contribution in [0.25, 0.3) is 16.6 Å². The molecule has 0 spiro atoms. The summed E-state index contributed by atoms with van der Waals surface area (Å²) in [5.74, 6) is 1.88. The number of carbonyl (C=O) groups excluding carboxylic acids is 1. The fraction of sp³-hybridized carbons (Fsp3) is 0.417. The van der Waals surface area contributed by atoms with Crippen LogP contribution in [0.3, 0.4) is 0 Å². The zero-order valence-electron chi connectivity index (χ0n) is 26.7. The summed E-state index contributed by atoms with van der Waals surface area (Å²) in [6.45, 7) is 7.35. The van der Waals surface area contributed by atoms with E-state index in [1.165, 1.54) is 0 Å². The highest BCUT2D eigenvalue weighted by atomic mass is 16.5. The Balaban J connectivity index is 1.14. The zero-order valence-corrected chi connectivity index (χ0v) is 26.7. The molecule has 4 aromatic rings. The van der Waals surface area contributed by atoms with Crippen LogP contribution in [0, 0.1) is 0 Å². The zero-order chi connectivity index (χ0) is 32.1. The van der Waals surface area contributed by atoms with E-state index in [4.69, 9.17) is 24.9 Å². The standard InChI is InChI=1S/C36H45N5O5/c1-2-45-33-14-8-7-13-32(33)41-34(38-31-12-6-5-11-30(31)36(41)43)25-39-20-22-40(23-21-39)35(42)27-46-29-17-15-28(16-18-29)26-44-24-10-4-3-9-19-37/h5-8,11-18H,2-4,9-10,19-27,37H2,1H3. The van der Waals surface area contributed by atoms with E-state index >= 15 is 0 Å². The minimum Gasteiger partial charge on any atom is -0.492 e. The van der Waals surface area contributed by atoms with Crippen molar-refractivity contribution in [3.05, 3.63) is 94.5 Å². The third-order valence-electron chi connectivity index (χ3n) is 8.14. The van der Waals surface area contributed by atoms with Crippen LogP contribution in [0.15, 0.2) is 77.6 Å². The van der Waals surface area contributed by atoms with Crippen LogP contribution < -0.4 is 20.8 Å². The number of hydrogen-bond acceptors (Lipinski definition) is 8. The van der Waals surface area contributed by atoms with E-state index < -0.39 is 0 Å². The van der Waals surface area contributed by atoms with E-state index in [0.717, 1.165) is 44.4 Å². The van der Waals surface area contributed by atoms with E-state index in [-0.39, 0.29) is 18.1 Å². The molecule has 1 aliphatic rings. The lowest BCUT2D eigenvalue weighted by atomic mass is 10.2. The number of hydrogen-bond donors (Lipinski definition) is 1. The molecule has 0 aliphatic carbocycles. The molecule has 10 heteroatoms. The van der Waals surface area contributed by atoms with Gasteiger partial charge in [0.2, 0.25) is 0 Å². The van der Waals surface area contributed by atoms with Gasteiger partial charge in [0.05, 0.1) is 36.3 Å². The first-order valence-corrected chi connectivity index (χ1v) is 16.3. The van der Waals surface area contributed by atoms with Gasteiger partial charge < -0.3 is 24.8 Å². The maximum Gasteiger partial charge on any atom is 0.266 e. The Hall–Kier alpha value is -4.25. The number of unbranched alkanes of at least 4 members (excludes halogenated alkanes) is 3. The molecule has 1 saturated heterocycles. The molecule has 0 bridgehead atoms. The molecule has 0 saturated carbocycles. The predicted molar refractivity (Wildman–Crippen MR) is 179 cm³/mol. The van der Waals surface area contributed by atoms with Crippen molar-refractivity contribution in [3.63, 3.8) is 0 Å². The Morgan fingerprint density at radius 1 is 0.870 bits per heavy atom. The van der Waals surface area contributed by atoms with Crippen LogP contribution in [-0.4, -0.2) is 77.8 Å². The average molecular weight is 628 g/mol. The third-order valence-corrected chi connectivity index (χ3v) is 8.14. The van der Waals surface area contributed by atoms with Crippen molar-refractivity contribution in [2.24, 2.45) is 5.73 Å². The summed E-state index contributed by atoms with van der Waals surface area (Å²) in [4.78, 5) is 35.7. The summed E-state index contributed by atoms with van der Waals surface area (Å²) in [7, 11) is 0. The molecule has 46 heavy (non-hydrogen) atoms. The van der Waals surface area contributed by atoms with Gasteiger partial charge in [-0.05, 0) is 68.3 Å². The highest BCUT2D eigenvalue weighted by Gasteiger charge is 2.24. The molecule has 1 aliphatic heterocycles. The van der Waals surface area contributed by atoms with Gasteiger partial charge in [-0.3, -0.25) is 19.1 Å². The Morgan fingerprint density at radius 3 is 2.39 bits per heavy atom. The summed E-state index contributed by atoms with van der Waals surface area (Å²) in [5, 5.41) is 0.556. The molecule has 1 amide bonds. The number of rotatable bonds is 16. The summed E-state index contributed by atoms with van der Waals surface area (Å²) >= 11 is 0. The number of para-hydroxylation sites is 3. The van der Waals surface area contributed by atoms with Gasteiger partial charge in [-0.25, -0.2) is 4.98 Å². The maximum absolute atomic E-state index is 13.8. The first kappa shape index (κ1) is 33.1. The van der Waals surface area contributed by atoms with Gasteiger partial charge in [-0.15, -0.1) is 0 Å². The Kier molecular flexibility index (Phi) is 12.2. The van der Waals surface area contributed by atoms with Crippen LogP contribution in [0.4, 0.5) is 0 Å². The molecular formula is C36H45N5O5. The number of piperazine rings is 1. The average Bonchev–Trinajstić information content (AvgIpc) is 3.08. The van der Waals surface area contributed by atoms with E-state index in [1.807, 2.05) is 78.6 Å². The number of amides is 1. The first-order valence-electron chi connectivity index (χ1n) is 16.3. The van der Waals surface area contributed by atoms with E-state index in [2.05, 4.69) is 4.90 Å². The lowest BCUT2D eigenvalue weighted by Crippen LogP contribution is -2.50. The Morgan fingerprint density at radius 2 is 1.61 bits per heavy atom. The highest BCUT2D eigenvalue weighted by molar-refractivity contribution is 5.78. The van der Waals surface area contributed by atoms with Crippen LogP contribution in [0.1, 0.15) is 44.0 Å². The van der Waals surface area contributed by atoms with Crippen molar-refractivity contribution in [3.8, 4) is 17.2 Å². The molecule has 0 unspecified atom stereocenters. The normalized spacial score (nSPS) is 13.7. The van der Waals surface area contributed by atoms with Crippen molar-refractivity contribution in [1.29, 1.82) is 0 Å². The van der Waals surface area contributed by atoms with Gasteiger partial charge in [0.15, 0.2) is 6.61 Å². The Bertz CT molecular complexity index is 1620. The largest absolute Gasteiger partial charge is 0.492 e. The van der Waals surface area contributed by atoms with E-state index in [1.54, 1.807) is 10.6 Å². The quantitative estimate of drug-likeness (QED) is 0.180. The summed E-state index contributed by atoms with van der Waals surface area (Å²) in [5.41, 5.74) is 7.80. The van der Waals surface area contributed by atoms with E-state index in [9.17, 15) is 9.59 Å². The fourth-order valence-electron chi connectivity index (χ4n) is 5.62. The number of ether oxygens (including phenoxy) is 3. The SMILES string of the molecule is CCOc1ccccc1-n1c(CN2CCN(C(=O)COc3ccc(COCCCCCCN)cc3)CC2)nc2ccccc2c1=O. The van der Waals surface area contributed by atoms with Crippen molar-refractivity contribution < 1.29 is 19.0 Å². The van der Waals surface area contributed by atoms with Gasteiger partial charge in [0.25, 0.3) is 11.5 Å². The first-order chi connectivity index (χ1) is 22.6. The van der Waals surface area contributed by atoms with Crippen molar-refractivity contribution in [1.82, 2.24) is 19.4 Å². The van der Waals surface area contributed by atoms with Crippen molar-refractivity contribution in [2.75, 3.05) is 52.5 Å². The van der Waals surface area contributed by atoms with Gasteiger partial charge >= 0.3 is 0 Å². The number of benzene rings is 3. The second kappa shape index (κ2) is 16.9. The topological polar surface area (TPSA) is 112 Å². The third kappa shape index (κ3) is 8.72. The minimum absolute atomic E-state index is 0.0152. The second-order valence-electron chi connectivity index (χ2n) is 11.4. The summed E-state index contributed by atoms with van der Waals surface area (Å²) in [6.07, 6.45) is 4.40. The lowest BCUT2D eigenvalue weighted by molar-refractivity contribution is -0.135. The molecule has 0 radical (unpaired) electrons. The van der Waals surface area contributed by atoms with Gasteiger partial charge in [-0.1, -0.05) is 49.2 Å². The molecule has 1 fully saturated rings. The van der Waals surface area contributed by atoms with Crippen LogP contribution in [-0.2, 0) is 22.7 Å². The molecule has 244 valence electrons. The highest BCUT2D eigenvalue weighted by Crippen LogP contribution is 2.24. The molecule has 10 nitrogen and oxygen atoms in total. The molecule has 3 aromatic carbocycles. The molecular weight excluding hydrogens is 582 g/mol. The Labute approximate surface area is 270 Å². The lowest BCUT2D eigenvalue weighted by Gasteiger charge is -2.34. The van der Waals surface area contributed by atoms with E-state index in [0.29, 0.717) is 79.9 Å². The van der Waals surface area contributed by atoms with Gasteiger partial charge in [0.1, 0.15) is 17.3 Å². The molecule has 2 N–H and O–H groups in total. The number of aromatic nitrogens is 2. The number of nitrogens with zero attached hydrogens (tertiary/aromatic N) is 4. The van der Waals surface area contributed by atoms with Crippen molar-refractivity contribution >= 4 is 16.8 Å². The predicted octanol–water partition coefficient (Wildman–Crippen LogP) is 4.54. The molecule has 2 heterocycles. The molecule has 5 rings (SSSR count). The minimum atomic E-state index is -0.131. The van der Waals surface area contributed by atoms with Crippen molar-refractivity contribution in [2.45, 2.75) is 45.8 Å². The smallest absolute Gasteiger partial charge is 0.266 e. The number of fused-ring (bicyclic) bond motifs is 1. The monoisotopic (exact) mass is 627 g/mol. The summed E-state index contributed by atoms with van der Waals surface area (Å²) in [6, 6.07) is 22.7. The number of nitrogens with two attached hydrogens (primary N) is 1. The molecule has 1 aromatic heterocycles. The molecule has 0 atom stereocenters. The summed E-state index contributed by atoms with van der Waals surface area (Å²) < 4.78 is 19.1. The maximum atomic E-state index is 13.8. The number of carbonyl (C=O) groups is 1. The second-order valence-corrected chi connectivity index (χ2v) is 11.4. The van der Waals surface area contributed by atoms with Gasteiger partial charge in [-0.2, -0.15) is 0 Å². The van der Waals surface area contributed by atoms with Crippen LogP contribution in [0.2, 0.25) is 0 Å². The van der Waals surface area contributed by atoms with Crippen LogP contribution >= 0.6 is 0 Å². The fourth-order valence-corrected chi connectivity index (χ4v) is 5.62.